The molecule has 3 rings (SSSR count). The fraction of sp³-hybridized carbons (Fsp3) is 0.744. The quantitative estimate of drug-likeness (QED) is 0.0344. The summed E-state index contributed by atoms with van der Waals surface area (Å²) in [6, 6.07) is 9.60. The molecular formula is C43H76N6O8. The third-order valence-electron chi connectivity index (χ3n) is 11.6. The second-order valence-electron chi connectivity index (χ2n) is 17.0. The van der Waals surface area contributed by atoms with Gasteiger partial charge in [-0.25, -0.2) is 5.84 Å². The number of ketones is 1. The van der Waals surface area contributed by atoms with Gasteiger partial charge in [0.05, 0.1) is 11.7 Å². The number of aliphatic hydroxyl groups is 2. The number of cyclic esters (lactones) is 1. The molecule has 57 heavy (non-hydrogen) atoms. The Kier molecular flexibility index (Phi) is 20.4. The number of carbonyl (C=O) groups excluding carboxylic acids is 2. The first-order valence-corrected chi connectivity index (χ1v) is 20.5. The van der Waals surface area contributed by atoms with Gasteiger partial charge in [0.1, 0.15) is 29.2 Å². The number of aliphatic hydroxyl groups excluding tert-OH is 2. The molecule has 2 saturated heterocycles. The van der Waals surface area contributed by atoms with Crippen molar-refractivity contribution >= 4 is 17.6 Å². The zero-order valence-electron chi connectivity index (χ0n) is 37.1. The number of nitrogens with two attached hydrogens (primary N) is 1. The van der Waals surface area contributed by atoms with Gasteiger partial charge < -0.3 is 39.4 Å². The fourth-order valence-electron chi connectivity index (χ4n) is 7.78. The van der Waals surface area contributed by atoms with E-state index in [0.717, 1.165) is 24.0 Å². The third kappa shape index (κ3) is 15.4. The second-order valence-corrected chi connectivity index (χ2v) is 17.0. The molecule has 0 spiro atoms. The summed E-state index contributed by atoms with van der Waals surface area (Å²) in [5, 5.41) is 33.7. The molecule has 0 saturated carbocycles. The molecule has 2 aliphatic rings. The molecule has 1 aromatic carbocycles. The first-order valence-electron chi connectivity index (χ1n) is 20.5. The molecule has 14 nitrogen and oxygen atoms in total. The van der Waals surface area contributed by atoms with Crippen molar-refractivity contribution in [1.82, 2.24) is 20.1 Å². The number of nitrogens with zero attached hydrogens (tertiary/aromatic N) is 3. The van der Waals surface area contributed by atoms with Crippen LogP contribution in [0.15, 0.2) is 42.0 Å². The molecule has 6 unspecified atom stereocenters. The van der Waals surface area contributed by atoms with Crippen LogP contribution in [0.2, 0.25) is 0 Å². The number of methoxy groups -OCH3 is 1. The summed E-state index contributed by atoms with van der Waals surface area (Å²) in [6.45, 7) is 18.5. The van der Waals surface area contributed by atoms with E-state index in [1.54, 1.807) is 39.8 Å². The van der Waals surface area contributed by atoms with Crippen LogP contribution in [0.5, 0.6) is 0 Å². The highest BCUT2D eigenvalue weighted by atomic mass is 16.7. The molecule has 2 aliphatic heterocycles. The molecule has 2 heterocycles. The Morgan fingerprint density at radius 2 is 1.67 bits per heavy atom. The van der Waals surface area contributed by atoms with Gasteiger partial charge in [-0.1, -0.05) is 62.8 Å². The molecule has 2 fully saturated rings. The number of nitrogens with one attached hydrogen (secondary N) is 2. The zero-order chi connectivity index (χ0) is 43.2. The molecule has 0 aliphatic carbocycles. The fourth-order valence-corrected chi connectivity index (χ4v) is 7.78. The van der Waals surface area contributed by atoms with Crippen molar-refractivity contribution in [1.29, 1.82) is 5.41 Å². The van der Waals surface area contributed by atoms with E-state index < -0.39 is 47.8 Å². The van der Waals surface area contributed by atoms with Gasteiger partial charge in [0.25, 0.3) is 0 Å². The number of hydrazine groups is 1. The Balaban J connectivity index is 0.000000872. The lowest BCUT2D eigenvalue weighted by molar-refractivity contribution is -0.267. The minimum absolute atomic E-state index is 0.00247. The molecule has 10 atom stereocenters. The molecule has 0 amide bonds. The van der Waals surface area contributed by atoms with Gasteiger partial charge in [-0.05, 0) is 94.3 Å². The van der Waals surface area contributed by atoms with Gasteiger partial charge in [-0.3, -0.25) is 24.9 Å². The van der Waals surface area contributed by atoms with Crippen molar-refractivity contribution in [2.75, 3.05) is 47.9 Å². The Bertz CT molecular complexity index is 1420. The van der Waals surface area contributed by atoms with Gasteiger partial charge in [-0.15, -0.1) is 0 Å². The maximum absolute atomic E-state index is 13.4. The summed E-state index contributed by atoms with van der Waals surface area (Å²) < 4.78 is 23.2. The summed E-state index contributed by atoms with van der Waals surface area (Å²) in [6.07, 6.45) is 3.02. The summed E-state index contributed by atoms with van der Waals surface area (Å²) in [7, 11) is 7.53. The molecule has 326 valence electrons. The van der Waals surface area contributed by atoms with E-state index in [1.165, 1.54) is 5.01 Å². The zero-order valence-corrected chi connectivity index (χ0v) is 37.1. The van der Waals surface area contributed by atoms with Crippen LogP contribution >= 0.6 is 0 Å². The average Bonchev–Trinajstić information content (AvgIpc) is 3.15. The number of rotatable bonds is 9. The standard InChI is InChI=1S/C35H59N5O6.C8H17NO2/c1-11-29-34(6,7)46-33(43)39(9)26(5)28(17-18-38-19-20-40(37)31(36)27-15-13-12-14-16-27)23(2)21-35(8,44-10)22-24(3)30(41)25(4)32(42)45-29;1-6-4-7(9(2)3)5-8(10)11-6/h12-17,23-26,29,33,36,38,43H,11,18-22,37H2,1-10H3;6-8,10H,4-5H2,1-3H3/b28-17+,36-31?;/t23-,24-,25?,26?,29-,33?,35-;/m1./s1. The maximum atomic E-state index is 13.4. The average molecular weight is 805 g/mol. The van der Waals surface area contributed by atoms with Crippen molar-refractivity contribution in [3.63, 3.8) is 0 Å². The lowest BCUT2D eigenvalue weighted by atomic mass is 9.78. The van der Waals surface area contributed by atoms with E-state index in [1.807, 2.05) is 79.0 Å². The van der Waals surface area contributed by atoms with Crippen molar-refractivity contribution in [3.8, 4) is 0 Å². The van der Waals surface area contributed by atoms with Crippen molar-refractivity contribution in [3.05, 3.63) is 47.5 Å². The van der Waals surface area contributed by atoms with Gasteiger partial charge in [0.15, 0.2) is 6.29 Å². The van der Waals surface area contributed by atoms with Crippen LogP contribution in [0.1, 0.15) is 100.0 Å². The predicted molar refractivity (Wildman–Crippen MR) is 224 cm³/mol. The minimum Gasteiger partial charge on any atom is -0.459 e. The topological polar surface area (TPSA) is 183 Å². The summed E-state index contributed by atoms with van der Waals surface area (Å²) in [5.41, 5.74) is 0.137. The van der Waals surface area contributed by atoms with Crippen molar-refractivity contribution < 1.29 is 38.7 Å². The maximum Gasteiger partial charge on any atom is 0.316 e. The highest BCUT2D eigenvalue weighted by Gasteiger charge is 2.41. The third-order valence-corrected chi connectivity index (χ3v) is 11.6. The smallest absolute Gasteiger partial charge is 0.316 e. The molecule has 14 heteroatoms. The van der Waals surface area contributed by atoms with E-state index in [-0.39, 0.29) is 29.7 Å². The number of benzene rings is 1. The van der Waals surface area contributed by atoms with E-state index in [9.17, 15) is 19.8 Å². The van der Waals surface area contributed by atoms with Gasteiger partial charge in [-0.2, -0.15) is 0 Å². The normalized spacial score (nSPS) is 33.0. The SMILES string of the molecule is CC1CC(N(C)C)CC(O)O1.CC[C@H]1OC(=O)C(C)C(=O)[C@H](C)C[C@](C)(OC)C[C@@H](C)/C(=C\CNCCN(N)C(=N)c2ccccc2)C(C)N(C)C(O)OC1(C)C. The van der Waals surface area contributed by atoms with Crippen LogP contribution < -0.4 is 11.2 Å². The van der Waals surface area contributed by atoms with Crippen LogP contribution in [0, 0.1) is 23.2 Å². The Hall–Kier alpha value is -2.79. The van der Waals surface area contributed by atoms with Gasteiger partial charge in [0, 0.05) is 56.7 Å². The van der Waals surface area contributed by atoms with Crippen molar-refractivity contribution in [2.45, 2.75) is 143 Å². The molecule has 0 radical (unpaired) electrons. The monoisotopic (exact) mass is 805 g/mol. The lowest BCUT2D eigenvalue weighted by Gasteiger charge is -2.41. The van der Waals surface area contributed by atoms with E-state index >= 15 is 0 Å². The number of hydrogen-bond acceptors (Lipinski definition) is 13. The van der Waals surface area contributed by atoms with E-state index in [4.69, 9.17) is 30.2 Å². The number of carbonyl (C=O) groups is 2. The molecule has 0 bridgehead atoms. The van der Waals surface area contributed by atoms with Crippen LogP contribution in [0.3, 0.4) is 0 Å². The highest BCUT2D eigenvalue weighted by Crippen LogP contribution is 2.35. The van der Waals surface area contributed by atoms with Gasteiger partial charge >= 0.3 is 5.97 Å². The second kappa shape index (κ2) is 23.1. The Morgan fingerprint density at radius 3 is 2.23 bits per heavy atom. The summed E-state index contributed by atoms with van der Waals surface area (Å²) in [4.78, 5) is 30.4. The molecule has 0 aromatic heterocycles. The predicted octanol–water partition coefficient (Wildman–Crippen LogP) is 4.53. The van der Waals surface area contributed by atoms with Crippen LogP contribution in [-0.2, 0) is 28.5 Å². The minimum atomic E-state index is -1.29. The van der Waals surface area contributed by atoms with Crippen LogP contribution in [0.4, 0.5) is 0 Å². The van der Waals surface area contributed by atoms with Gasteiger partial charge in [0.2, 0.25) is 6.41 Å². The van der Waals surface area contributed by atoms with Crippen LogP contribution in [-0.4, -0.2) is 139 Å². The number of Topliss-reactive ketones (excluding diaryl/α,β-unsaturated/α-hetero) is 1. The Labute approximate surface area is 342 Å². The van der Waals surface area contributed by atoms with E-state index in [0.29, 0.717) is 44.9 Å². The number of esters is 1. The van der Waals surface area contributed by atoms with Crippen molar-refractivity contribution in [2.24, 2.45) is 23.6 Å². The lowest BCUT2D eigenvalue weighted by Crippen LogP contribution is -2.51. The highest BCUT2D eigenvalue weighted by molar-refractivity contribution is 5.99. The molecule has 6 N–H and O–H groups in total. The van der Waals surface area contributed by atoms with E-state index in [2.05, 4.69) is 23.2 Å². The Morgan fingerprint density at radius 1 is 1.05 bits per heavy atom. The summed E-state index contributed by atoms with van der Waals surface area (Å²) >= 11 is 0. The number of hydrogen-bond donors (Lipinski definition) is 5. The first kappa shape index (κ1) is 50.4. The van der Waals surface area contributed by atoms with Crippen LogP contribution in [0.25, 0.3) is 0 Å². The first-order chi connectivity index (χ1) is 26.6. The summed E-state index contributed by atoms with van der Waals surface area (Å²) in [5.74, 6) is 4.25. The number of amidine groups is 1. The number of likely N-dealkylation sites (N-methyl/N-ethyl adjacent to an activating group) is 1. The molecule has 1 aromatic rings. The number of ether oxygens (including phenoxy) is 4. The largest absolute Gasteiger partial charge is 0.459 e. The molecular weight excluding hydrogens is 729 g/mol.